The number of phenolic OH excluding ortho intramolecular Hbond substituents is 2. The first-order valence-corrected chi connectivity index (χ1v) is 5.00. The Bertz CT molecular complexity index is 564. The standard InChI is InChI=1S/C12H9FN2O3/c13-8-1-2-11(14-6-8)15-12(18)7-3-9(16)5-10(17)4-7/h1-6,16-17H,(H,14,15,18). The van der Waals surface area contributed by atoms with E-state index >= 15 is 0 Å². The molecular weight excluding hydrogens is 239 g/mol. The van der Waals surface area contributed by atoms with Gasteiger partial charge in [0, 0.05) is 11.6 Å². The molecule has 0 saturated carbocycles. The zero-order chi connectivity index (χ0) is 13.1. The molecule has 0 fully saturated rings. The summed E-state index contributed by atoms with van der Waals surface area (Å²) in [5, 5.41) is 20.9. The third-order valence-corrected chi connectivity index (χ3v) is 2.13. The summed E-state index contributed by atoms with van der Waals surface area (Å²) >= 11 is 0. The number of pyridine rings is 1. The molecule has 0 spiro atoms. The molecule has 0 atom stereocenters. The number of hydrogen-bond donors (Lipinski definition) is 3. The predicted molar refractivity (Wildman–Crippen MR) is 61.9 cm³/mol. The lowest BCUT2D eigenvalue weighted by Gasteiger charge is -2.05. The number of aromatic hydroxyl groups is 2. The number of nitrogens with one attached hydrogen (secondary N) is 1. The van der Waals surface area contributed by atoms with E-state index in [0.29, 0.717) is 0 Å². The van der Waals surface area contributed by atoms with Gasteiger partial charge in [0.2, 0.25) is 0 Å². The molecule has 2 aromatic rings. The van der Waals surface area contributed by atoms with E-state index in [2.05, 4.69) is 10.3 Å². The number of anilines is 1. The molecule has 1 amide bonds. The predicted octanol–water partition coefficient (Wildman–Crippen LogP) is 1.88. The topological polar surface area (TPSA) is 82.5 Å². The van der Waals surface area contributed by atoms with E-state index in [1.165, 1.54) is 18.2 Å². The van der Waals surface area contributed by atoms with E-state index < -0.39 is 11.7 Å². The van der Waals surface area contributed by atoms with Crippen LogP contribution in [0.4, 0.5) is 10.2 Å². The monoisotopic (exact) mass is 248 g/mol. The minimum atomic E-state index is -0.569. The number of nitrogens with zero attached hydrogens (tertiary/aromatic N) is 1. The highest BCUT2D eigenvalue weighted by Crippen LogP contribution is 2.21. The summed E-state index contributed by atoms with van der Waals surface area (Å²) in [4.78, 5) is 15.4. The largest absolute Gasteiger partial charge is 0.508 e. The average Bonchev–Trinajstić information content (AvgIpc) is 2.31. The Balaban J connectivity index is 2.19. The van der Waals surface area contributed by atoms with E-state index in [9.17, 15) is 19.4 Å². The second-order valence-corrected chi connectivity index (χ2v) is 3.55. The summed E-state index contributed by atoms with van der Waals surface area (Å²) in [5.74, 6) is -1.37. The van der Waals surface area contributed by atoms with Crippen molar-refractivity contribution in [3.8, 4) is 11.5 Å². The van der Waals surface area contributed by atoms with Crippen molar-refractivity contribution in [3.05, 3.63) is 47.9 Å². The molecule has 1 aromatic carbocycles. The number of rotatable bonds is 2. The van der Waals surface area contributed by atoms with Gasteiger partial charge in [-0.1, -0.05) is 0 Å². The number of amides is 1. The number of carbonyl (C=O) groups is 1. The summed E-state index contributed by atoms with van der Waals surface area (Å²) in [6, 6.07) is 5.95. The van der Waals surface area contributed by atoms with Gasteiger partial charge < -0.3 is 15.5 Å². The van der Waals surface area contributed by atoms with Crippen LogP contribution in [-0.2, 0) is 0 Å². The molecular formula is C12H9FN2O3. The van der Waals surface area contributed by atoms with Crippen molar-refractivity contribution in [2.45, 2.75) is 0 Å². The first-order chi connectivity index (χ1) is 8.54. The normalized spacial score (nSPS) is 10.1. The van der Waals surface area contributed by atoms with Crippen LogP contribution in [0.1, 0.15) is 10.4 Å². The Hall–Kier alpha value is -2.63. The Morgan fingerprint density at radius 2 is 1.83 bits per heavy atom. The highest BCUT2D eigenvalue weighted by Gasteiger charge is 2.09. The molecule has 3 N–H and O–H groups in total. The number of benzene rings is 1. The highest BCUT2D eigenvalue weighted by molar-refractivity contribution is 6.04. The number of phenols is 2. The SMILES string of the molecule is O=C(Nc1ccc(F)cn1)c1cc(O)cc(O)c1. The van der Waals surface area contributed by atoms with Crippen molar-refractivity contribution in [1.29, 1.82) is 0 Å². The van der Waals surface area contributed by atoms with Gasteiger partial charge in [0.25, 0.3) is 5.91 Å². The van der Waals surface area contributed by atoms with Crippen LogP contribution in [0, 0.1) is 5.82 Å². The second kappa shape index (κ2) is 4.70. The molecule has 0 bridgehead atoms. The Labute approximate surface area is 102 Å². The van der Waals surface area contributed by atoms with E-state index in [4.69, 9.17) is 0 Å². The van der Waals surface area contributed by atoms with Crippen LogP contribution in [0.2, 0.25) is 0 Å². The van der Waals surface area contributed by atoms with Gasteiger partial charge in [-0.15, -0.1) is 0 Å². The second-order valence-electron chi connectivity index (χ2n) is 3.55. The minimum absolute atomic E-state index is 0.0682. The maximum absolute atomic E-state index is 12.6. The lowest BCUT2D eigenvalue weighted by molar-refractivity contribution is 0.102. The van der Waals surface area contributed by atoms with Crippen molar-refractivity contribution in [2.75, 3.05) is 5.32 Å². The molecule has 0 unspecified atom stereocenters. The highest BCUT2D eigenvalue weighted by atomic mass is 19.1. The number of carbonyl (C=O) groups excluding carboxylic acids is 1. The zero-order valence-electron chi connectivity index (χ0n) is 9.09. The van der Waals surface area contributed by atoms with Gasteiger partial charge in [0.1, 0.15) is 23.1 Å². The van der Waals surface area contributed by atoms with Gasteiger partial charge in [-0.25, -0.2) is 9.37 Å². The Morgan fingerprint density at radius 3 is 2.39 bits per heavy atom. The fourth-order valence-electron chi connectivity index (χ4n) is 1.36. The molecule has 1 heterocycles. The van der Waals surface area contributed by atoms with Crippen LogP contribution in [0.15, 0.2) is 36.5 Å². The van der Waals surface area contributed by atoms with Crippen molar-refractivity contribution >= 4 is 11.7 Å². The van der Waals surface area contributed by atoms with E-state index in [1.807, 2.05) is 0 Å². The minimum Gasteiger partial charge on any atom is -0.508 e. The quantitative estimate of drug-likeness (QED) is 0.757. The lowest BCUT2D eigenvalue weighted by Crippen LogP contribution is -2.12. The molecule has 18 heavy (non-hydrogen) atoms. The lowest BCUT2D eigenvalue weighted by atomic mass is 10.2. The fourth-order valence-corrected chi connectivity index (χ4v) is 1.36. The van der Waals surface area contributed by atoms with Gasteiger partial charge in [-0.05, 0) is 24.3 Å². The first-order valence-electron chi connectivity index (χ1n) is 5.00. The third kappa shape index (κ3) is 2.73. The summed E-state index contributed by atoms with van der Waals surface area (Å²) in [5.41, 5.74) is 0.0682. The van der Waals surface area contributed by atoms with Gasteiger partial charge >= 0.3 is 0 Å². The van der Waals surface area contributed by atoms with Gasteiger partial charge in [-0.2, -0.15) is 0 Å². The van der Waals surface area contributed by atoms with Crippen LogP contribution in [-0.4, -0.2) is 21.1 Å². The van der Waals surface area contributed by atoms with Crippen molar-refractivity contribution < 1.29 is 19.4 Å². The van der Waals surface area contributed by atoms with Gasteiger partial charge in [-0.3, -0.25) is 4.79 Å². The molecule has 92 valence electrons. The Kier molecular flexibility index (Phi) is 3.09. The Morgan fingerprint density at radius 1 is 1.17 bits per heavy atom. The van der Waals surface area contributed by atoms with Gasteiger partial charge in [0.05, 0.1) is 6.20 Å². The summed E-state index contributed by atoms with van der Waals surface area (Å²) in [6.45, 7) is 0. The van der Waals surface area contributed by atoms with Crippen molar-refractivity contribution in [1.82, 2.24) is 4.98 Å². The molecule has 6 heteroatoms. The molecule has 0 saturated heterocycles. The number of hydrogen-bond acceptors (Lipinski definition) is 4. The zero-order valence-corrected chi connectivity index (χ0v) is 9.09. The molecule has 5 nitrogen and oxygen atoms in total. The maximum atomic E-state index is 12.6. The van der Waals surface area contributed by atoms with Crippen LogP contribution in [0.3, 0.4) is 0 Å². The van der Waals surface area contributed by atoms with Crippen LogP contribution in [0.5, 0.6) is 11.5 Å². The molecule has 0 aliphatic rings. The average molecular weight is 248 g/mol. The van der Waals surface area contributed by atoms with Crippen molar-refractivity contribution in [3.63, 3.8) is 0 Å². The number of aromatic nitrogens is 1. The summed E-state index contributed by atoms with van der Waals surface area (Å²) in [7, 11) is 0. The van der Waals surface area contributed by atoms with Crippen LogP contribution >= 0.6 is 0 Å². The molecule has 0 radical (unpaired) electrons. The van der Waals surface area contributed by atoms with Crippen LogP contribution in [0.25, 0.3) is 0 Å². The van der Waals surface area contributed by atoms with Crippen molar-refractivity contribution in [2.24, 2.45) is 0 Å². The molecule has 0 aliphatic carbocycles. The summed E-state index contributed by atoms with van der Waals surface area (Å²) in [6.07, 6.45) is 0.968. The third-order valence-electron chi connectivity index (χ3n) is 2.13. The van der Waals surface area contributed by atoms with Crippen LogP contribution < -0.4 is 5.32 Å². The smallest absolute Gasteiger partial charge is 0.257 e. The molecule has 2 rings (SSSR count). The molecule has 1 aromatic heterocycles. The fraction of sp³-hybridized carbons (Fsp3) is 0. The van der Waals surface area contributed by atoms with Gasteiger partial charge in [0.15, 0.2) is 0 Å². The number of halogens is 1. The van der Waals surface area contributed by atoms with E-state index in [-0.39, 0.29) is 22.9 Å². The maximum Gasteiger partial charge on any atom is 0.257 e. The van der Waals surface area contributed by atoms with E-state index in [1.54, 1.807) is 0 Å². The summed E-state index contributed by atoms with van der Waals surface area (Å²) < 4.78 is 12.6. The molecule has 0 aliphatic heterocycles. The van der Waals surface area contributed by atoms with E-state index in [0.717, 1.165) is 18.3 Å². The first kappa shape index (κ1) is 11.8.